The lowest BCUT2D eigenvalue weighted by atomic mass is 10.0. The first kappa shape index (κ1) is 21.2. The zero-order chi connectivity index (χ0) is 22.7. The van der Waals surface area contributed by atoms with Crippen LogP contribution in [-0.4, -0.2) is 16.3 Å². The Kier molecular flexibility index (Phi) is 5.94. The van der Waals surface area contributed by atoms with E-state index in [1.165, 1.54) is 30.5 Å². The molecule has 5 nitrogen and oxygen atoms in total. The van der Waals surface area contributed by atoms with Crippen LogP contribution in [0.4, 0.5) is 10.1 Å². The van der Waals surface area contributed by atoms with Crippen molar-refractivity contribution in [2.45, 2.75) is 19.9 Å². The maximum Gasteiger partial charge on any atom is 0.244 e. The monoisotopic (exact) mass is 428 g/mol. The van der Waals surface area contributed by atoms with Crippen LogP contribution in [0.3, 0.4) is 0 Å². The molecule has 4 rings (SSSR count). The highest BCUT2D eigenvalue weighted by atomic mass is 19.1. The van der Waals surface area contributed by atoms with E-state index in [0.717, 1.165) is 12.0 Å². The van der Waals surface area contributed by atoms with Gasteiger partial charge in [-0.1, -0.05) is 43.3 Å². The highest BCUT2D eigenvalue weighted by Crippen LogP contribution is 2.16. The lowest BCUT2D eigenvalue weighted by molar-refractivity contribution is -0.116. The summed E-state index contributed by atoms with van der Waals surface area (Å²) in [5.41, 5.74) is 2.13. The van der Waals surface area contributed by atoms with Crippen molar-refractivity contribution in [1.29, 1.82) is 0 Å². The first-order chi connectivity index (χ1) is 15.5. The summed E-state index contributed by atoms with van der Waals surface area (Å²) >= 11 is 0. The summed E-state index contributed by atoms with van der Waals surface area (Å²) in [6.45, 7) is 1.91. The molecule has 1 aromatic heterocycles. The Balaban J connectivity index is 1.71. The highest BCUT2D eigenvalue weighted by Gasteiger charge is 2.18. The smallest absolute Gasteiger partial charge is 0.244 e. The van der Waals surface area contributed by atoms with Crippen LogP contribution >= 0.6 is 0 Å². The number of ketones is 1. The molecule has 0 aliphatic carbocycles. The van der Waals surface area contributed by atoms with Crippen LogP contribution in [0.5, 0.6) is 0 Å². The van der Waals surface area contributed by atoms with E-state index >= 15 is 0 Å². The number of benzene rings is 3. The van der Waals surface area contributed by atoms with E-state index < -0.39 is 11.6 Å². The summed E-state index contributed by atoms with van der Waals surface area (Å²) in [7, 11) is 0. The molecule has 160 valence electrons. The standard InChI is InChI=1S/C26H21FN2O3/c1-2-17-7-9-18(10-8-17)25(31)22-15-29(23-6-4-3-5-21(23)26(22)32)16-24(30)28-20-13-11-19(27)12-14-20/h3-15H,2,16H2,1H3,(H,28,30). The number of nitrogens with one attached hydrogen (secondary N) is 1. The Hall–Kier alpha value is -4.06. The number of hydrogen-bond donors (Lipinski definition) is 1. The van der Waals surface area contributed by atoms with Gasteiger partial charge in [0.1, 0.15) is 12.4 Å². The zero-order valence-electron chi connectivity index (χ0n) is 17.5. The molecule has 4 aromatic rings. The molecule has 0 aliphatic rings. The normalized spacial score (nSPS) is 10.8. The van der Waals surface area contributed by atoms with Crippen molar-refractivity contribution in [3.05, 3.63) is 112 Å². The van der Waals surface area contributed by atoms with E-state index in [4.69, 9.17) is 0 Å². The number of aryl methyl sites for hydroxylation is 1. The lowest BCUT2D eigenvalue weighted by Gasteiger charge is -2.13. The van der Waals surface area contributed by atoms with Gasteiger partial charge < -0.3 is 9.88 Å². The van der Waals surface area contributed by atoms with E-state index in [1.807, 2.05) is 19.1 Å². The van der Waals surface area contributed by atoms with Crippen LogP contribution in [0.1, 0.15) is 28.4 Å². The predicted molar refractivity (Wildman–Crippen MR) is 122 cm³/mol. The maximum atomic E-state index is 13.1. The van der Waals surface area contributed by atoms with E-state index in [-0.39, 0.29) is 23.4 Å². The predicted octanol–water partition coefficient (Wildman–Crippen LogP) is 4.57. The van der Waals surface area contributed by atoms with Gasteiger partial charge in [0.25, 0.3) is 0 Å². The Labute approximate surface area is 184 Å². The Morgan fingerprint density at radius 3 is 2.31 bits per heavy atom. The van der Waals surface area contributed by atoms with Gasteiger partial charge in [-0.15, -0.1) is 0 Å². The van der Waals surface area contributed by atoms with E-state index in [2.05, 4.69) is 5.32 Å². The second kappa shape index (κ2) is 8.98. The van der Waals surface area contributed by atoms with Gasteiger partial charge in [-0.3, -0.25) is 14.4 Å². The molecule has 0 spiro atoms. The fourth-order valence-corrected chi connectivity index (χ4v) is 3.57. The molecular formula is C26H21FN2O3. The first-order valence-electron chi connectivity index (χ1n) is 10.3. The second-order valence-corrected chi connectivity index (χ2v) is 7.45. The van der Waals surface area contributed by atoms with Crippen molar-refractivity contribution in [3.8, 4) is 0 Å². The molecule has 0 aliphatic heterocycles. The number of anilines is 1. The van der Waals surface area contributed by atoms with Crippen LogP contribution in [0.2, 0.25) is 0 Å². The molecular weight excluding hydrogens is 407 g/mol. The third-order valence-corrected chi connectivity index (χ3v) is 5.30. The van der Waals surface area contributed by atoms with Crippen LogP contribution < -0.4 is 10.7 Å². The minimum atomic E-state index is -0.399. The van der Waals surface area contributed by atoms with Gasteiger partial charge in [-0.2, -0.15) is 0 Å². The average molecular weight is 428 g/mol. The van der Waals surface area contributed by atoms with Gasteiger partial charge in [-0.25, -0.2) is 4.39 Å². The highest BCUT2D eigenvalue weighted by molar-refractivity contribution is 6.10. The molecule has 1 heterocycles. The summed E-state index contributed by atoms with van der Waals surface area (Å²) in [6.07, 6.45) is 2.28. The fourth-order valence-electron chi connectivity index (χ4n) is 3.57. The Morgan fingerprint density at radius 2 is 1.62 bits per heavy atom. The third kappa shape index (κ3) is 4.34. The Morgan fingerprint density at radius 1 is 0.938 bits per heavy atom. The SMILES string of the molecule is CCc1ccc(C(=O)c2cn(CC(=O)Nc3ccc(F)cc3)c3ccccc3c2=O)cc1. The molecule has 1 N–H and O–H groups in total. The van der Waals surface area contributed by atoms with E-state index in [9.17, 15) is 18.8 Å². The van der Waals surface area contributed by atoms with E-state index in [0.29, 0.717) is 22.2 Å². The lowest BCUT2D eigenvalue weighted by Crippen LogP contribution is -2.24. The average Bonchev–Trinajstić information content (AvgIpc) is 2.82. The number of fused-ring (bicyclic) bond motifs is 1. The van der Waals surface area contributed by atoms with E-state index in [1.54, 1.807) is 41.0 Å². The van der Waals surface area contributed by atoms with Gasteiger partial charge in [-0.05, 0) is 48.4 Å². The molecule has 6 heteroatoms. The van der Waals surface area contributed by atoms with Gasteiger partial charge in [0.15, 0.2) is 5.78 Å². The van der Waals surface area contributed by atoms with Gasteiger partial charge in [0.05, 0.1) is 11.1 Å². The van der Waals surface area contributed by atoms with Crippen molar-refractivity contribution in [1.82, 2.24) is 4.57 Å². The minimum Gasteiger partial charge on any atom is -0.337 e. The van der Waals surface area contributed by atoms with Gasteiger partial charge in [0, 0.05) is 22.8 Å². The van der Waals surface area contributed by atoms with Crippen molar-refractivity contribution in [3.63, 3.8) is 0 Å². The molecule has 1 amide bonds. The number of carbonyl (C=O) groups is 2. The molecule has 0 saturated heterocycles. The van der Waals surface area contributed by atoms with Crippen LogP contribution in [0.25, 0.3) is 10.9 Å². The van der Waals surface area contributed by atoms with Gasteiger partial charge in [0.2, 0.25) is 11.3 Å². The van der Waals surface area contributed by atoms with Crippen LogP contribution in [0.15, 0.2) is 83.8 Å². The quantitative estimate of drug-likeness (QED) is 0.458. The summed E-state index contributed by atoms with van der Waals surface area (Å²) in [6, 6.07) is 19.4. The molecule has 0 radical (unpaired) electrons. The Bertz CT molecular complexity index is 1360. The number of aromatic nitrogens is 1. The summed E-state index contributed by atoms with van der Waals surface area (Å²) < 4.78 is 14.7. The van der Waals surface area contributed by atoms with Crippen molar-refractivity contribution in [2.75, 3.05) is 5.32 Å². The number of nitrogens with zero attached hydrogens (tertiary/aromatic N) is 1. The summed E-state index contributed by atoms with van der Waals surface area (Å²) in [4.78, 5) is 38.8. The number of rotatable bonds is 6. The number of amides is 1. The number of hydrogen-bond acceptors (Lipinski definition) is 3. The fraction of sp³-hybridized carbons (Fsp3) is 0.115. The second-order valence-electron chi connectivity index (χ2n) is 7.45. The molecule has 0 unspecified atom stereocenters. The molecule has 3 aromatic carbocycles. The minimum absolute atomic E-state index is 0.00234. The van der Waals surface area contributed by atoms with Crippen molar-refractivity contribution in [2.24, 2.45) is 0 Å². The summed E-state index contributed by atoms with van der Waals surface area (Å²) in [5.74, 6) is -1.16. The van der Waals surface area contributed by atoms with Crippen LogP contribution in [-0.2, 0) is 17.8 Å². The molecule has 0 bridgehead atoms. The zero-order valence-corrected chi connectivity index (χ0v) is 17.5. The molecule has 32 heavy (non-hydrogen) atoms. The number of carbonyl (C=O) groups excluding carboxylic acids is 2. The molecule has 0 fully saturated rings. The maximum absolute atomic E-state index is 13.1. The van der Waals surface area contributed by atoms with Crippen molar-refractivity contribution < 1.29 is 14.0 Å². The first-order valence-corrected chi connectivity index (χ1v) is 10.3. The third-order valence-electron chi connectivity index (χ3n) is 5.30. The molecule has 0 saturated carbocycles. The van der Waals surface area contributed by atoms with Crippen LogP contribution in [0, 0.1) is 5.82 Å². The van der Waals surface area contributed by atoms with Crippen molar-refractivity contribution >= 4 is 28.3 Å². The number of pyridine rings is 1. The number of para-hydroxylation sites is 1. The number of halogens is 1. The topological polar surface area (TPSA) is 68.2 Å². The van der Waals surface area contributed by atoms with Gasteiger partial charge >= 0.3 is 0 Å². The summed E-state index contributed by atoms with van der Waals surface area (Å²) in [5, 5.41) is 3.06. The largest absolute Gasteiger partial charge is 0.337 e. The molecule has 0 atom stereocenters.